The summed E-state index contributed by atoms with van der Waals surface area (Å²) < 4.78 is 0. The summed E-state index contributed by atoms with van der Waals surface area (Å²) in [5.41, 5.74) is 2.47. The van der Waals surface area contributed by atoms with Gasteiger partial charge in [-0.2, -0.15) is 16.9 Å². The minimum atomic E-state index is -0.0937. The molecule has 0 unspecified atom stereocenters. The van der Waals surface area contributed by atoms with E-state index in [1.807, 2.05) is 0 Å². The zero-order valence-corrected chi connectivity index (χ0v) is 12.6. The number of aromatic amines is 1. The third-order valence-electron chi connectivity index (χ3n) is 3.56. The largest absolute Gasteiger partial charge is 0.356 e. The summed E-state index contributed by atoms with van der Waals surface area (Å²) >= 11 is 1.77. The Hall–Kier alpha value is -1.30. The van der Waals surface area contributed by atoms with Gasteiger partial charge < -0.3 is 5.32 Å². The number of H-pyrrole nitrogens is 1. The van der Waals surface area contributed by atoms with Crippen LogP contribution in [0.25, 0.3) is 0 Å². The predicted molar refractivity (Wildman–Crippen MR) is 81.2 cm³/mol. The van der Waals surface area contributed by atoms with Crippen molar-refractivity contribution in [3.63, 3.8) is 0 Å². The smallest absolute Gasteiger partial charge is 0.267 e. The number of hydrogen-bond donors (Lipinski definition) is 2. The van der Waals surface area contributed by atoms with Crippen molar-refractivity contribution < 1.29 is 4.79 Å². The van der Waals surface area contributed by atoms with Crippen LogP contribution in [0.1, 0.15) is 36.1 Å². The van der Waals surface area contributed by atoms with Crippen LogP contribution in [0.15, 0.2) is 4.79 Å². The van der Waals surface area contributed by atoms with E-state index in [2.05, 4.69) is 21.8 Å². The Labute approximate surface area is 122 Å². The maximum Gasteiger partial charge on any atom is 0.267 e. The third kappa shape index (κ3) is 3.85. The molecule has 1 aromatic heterocycles. The molecule has 1 amide bonds. The van der Waals surface area contributed by atoms with E-state index < -0.39 is 0 Å². The van der Waals surface area contributed by atoms with E-state index in [9.17, 15) is 9.59 Å². The predicted octanol–water partition coefficient (Wildman–Crippen LogP) is 1.06. The Balaban J connectivity index is 1.99. The molecule has 0 atom stereocenters. The molecule has 0 saturated carbocycles. The number of nitrogens with one attached hydrogen (secondary N) is 2. The molecule has 0 fully saturated rings. The molecular weight excluding hydrogens is 274 g/mol. The standard InChI is InChI=1S/C14H21N3O2S/c1-20-8-4-7-15-13(18)9-12-10-5-2-3-6-11(10)14(19)17-16-12/h2-9H2,1H3,(H,15,18)(H,17,19). The minimum Gasteiger partial charge on any atom is -0.356 e. The van der Waals surface area contributed by atoms with Crippen molar-refractivity contribution in [2.45, 2.75) is 38.5 Å². The second kappa shape index (κ2) is 7.47. The van der Waals surface area contributed by atoms with Crippen molar-refractivity contribution >= 4 is 17.7 Å². The number of thioether (sulfide) groups is 1. The summed E-state index contributed by atoms with van der Waals surface area (Å²) in [4.78, 5) is 23.6. The number of rotatable bonds is 6. The van der Waals surface area contributed by atoms with Gasteiger partial charge in [0.05, 0.1) is 12.1 Å². The van der Waals surface area contributed by atoms with Gasteiger partial charge in [0.2, 0.25) is 5.91 Å². The third-order valence-corrected chi connectivity index (χ3v) is 4.26. The SMILES string of the molecule is CSCCCNC(=O)Cc1n[nH]c(=O)c2c1CCCC2. The number of fused-ring (bicyclic) bond motifs is 1. The molecule has 0 aliphatic heterocycles. The number of nitrogens with zero attached hydrogens (tertiary/aromatic N) is 1. The fourth-order valence-corrected chi connectivity index (χ4v) is 2.97. The van der Waals surface area contributed by atoms with Crippen molar-refractivity contribution in [3.05, 3.63) is 27.2 Å². The molecule has 5 nitrogen and oxygen atoms in total. The molecule has 1 aliphatic rings. The highest BCUT2D eigenvalue weighted by atomic mass is 32.2. The summed E-state index contributed by atoms with van der Waals surface area (Å²) in [6.07, 6.45) is 7.07. The molecule has 2 rings (SSSR count). The van der Waals surface area contributed by atoms with Gasteiger partial charge in [-0.3, -0.25) is 9.59 Å². The van der Waals surface area contributed by atoms with Crippen LogP contribution in [-0.4, -0.2) is 34.7 Å². The maximum atomic E-state index is 11.9. The summed E-state index contributed by atoms with van der Waals surface area (Å²) in [7, 11) is 0. The minimum absolute atomic E-state index is 0.0153. The average molecular weight is 295 g/mol. The molecule has 0 aromatic carbocycles. The second-order valence-electron chi connectivity index (χ2n) is 5.04. The van der Waals surface area contributed by atoms with Crippen LogP contribution in [0.3, 0.4) is 0 Å². The molecular formula is C14H21N3O2S. The van der Waals surface area contributed by atoms with Crippen LogP contribution in [0.4, 0.5) is 0 Å². The van der Waals surface area contributed by atoms with Gasteiger partial charge in [0, 0.05) is 12.1 Å². The average Bonchev–Trinajstić information content (AvgIpc) is 2.47. The number of amides is 1. The van der Waals surface area contributed by atoms with Crippen LogP contribution < -0.4 is 10.9 Å². The first kappa shape index (κ1) is 15.1. The Kier molecular flexibility index (Phi) is 5.64. The molecule has 0 radical (unpaired) electrons. The highest BCUT2D eigenvalue weighted by Gasteiger charge is 2.19. The fraction of sp³-hybridized carbons (Fsp3) is 0.643. The number of hydrogen-bond acceptors (Lipinski definition) is 4. The molecule has 20 heavy (non-hydrogen) atoms. The van der Waals surface area contributed by atoms with Crippen molar-refractivity contribution in [1.29, 1.82) is 0 Å². The number of carbonyl (C=O) groups excluding carboxylic acids is 1. The van der Waals surface area contributed by atoms with E-state index >= 15 is 0 Å². The van der Waals surface area contributed by atoms with Gasteiger partial charge in [0.1, 0.15) is 0 Å². The normalized spacial score (nSPS) is 13.8. The molecule has 110 valence electrons. The van der Waals surface area contributed by atoms with Crippen molar-refractivity contribution in [3.8, 4) is 0 Å². The van der Waals surface area contributed by atoms with E-state index in [-0.39, 0.29) is 17.9 Å². The van der Waals surface area contributed by atoms with Crippen LogP contribution in [0.5, 0.6) is 0 Å². The Bertz CT molecular complexity index is 528. The topological polar surface area (TPSA) is 74.8 Å². The molecule has 0 bridgehead atoms. The first-order valence-corrected chi connectivity index (χ1v) is 8.46. The van der Waals surface area contributed by atoms with Crippen molar-refractivity contribution in [2.24, 2.45) is 0 Å². The highest BCUT2D eigenvalue weighted by Crippen LogP contribution is 2.20. The van der Waals surface area contributed by atoms with Crippen molar-refractivity contribution in [1.82, 2.24) is 15.5 Å². The van der Waals surface area contributed by atoms with Crippen molar-refractivity contribution in [2.75, 3.05) is 18.6 Å². The number of carbonyl (C=O) groups is 1. The Morgan fingerprint density at radius 1 is 1.35 bits per heavy atom. The summed E-state index contributed by atoms with van der Waals surface area (Å²) in [5, 5.41) is 9.50. The van der Waals surface area contributed by atoms with E-state index in [1.54, 1.807) is 11.8 Å². The molecule has 0 spiro atoms. The van der Waals surface area contributed by atoms with Gasteiger partial charge in [-0.1, -0.05) is 0 Å². The van der Waals surface area contributed by atoms with Gasteiger partial charge in [0.15, 0.2) is 0 Å². The molecule has 2 N–H and O–H groups in total. The van der Waals surface area contributed by atoms with Gasteiger partial charge in [-0.15, -0.1) is 0 Å². The van der Waals surface area contributed by atoms with E-state index in [4.69, 9.17) is 0 Å². The second-order valence-corrected chi connectivity index (χ2v) is 6.02. The lowest BCUT2D eigenvalue weighted by Gasteiger charge is -2.17. The summed E-state index contributed by atoms with van der Waals surface area (Å²) in [6, 6.07) is 0. The van der Waals surface area contributed by atoms with E-state index in [1.165, 1.54) is 0 Å². The molecule has 1 heterocycles. The van der Waals surface area contributed by atoms with Crippen LogP contribution in [0.2, 0.25) is 0 Å². The molecule has 1 aliphatic carbocycles. The fourth-order valence-electron chi connectivity index (χ4n) is 2.53. The molecule has 1 aromatic rings. The zero-order valence-electron chi connectivity index (χ0n) is 11.8. The monoisotopic (exact) mass is 295 g/mol. The van der Waals surface area contributed by atoms with Crippen LogP contribution in [-0.2, 0) is 24.1 Å². The van der Waals surface area contributed by atoms with Gasteiger partial charge in [-0.05, 0) is 49.7 Å². The number of aromatic nitrogens is 2. The first-order valence-electron chi connectivity index (χ1n) is 7.07. The van der Waals surface area contributed by atoms with E-state index in [0.717, 1.165) is 54.7 Å². The Morgan fingerprint density at radius 2 is 2.10 bits per heavy atom. The lowest BCUT2D eigenvalue weighted by molar-refractivity contribution is -0.120. The van der Waals surface area contributed by atoms with Gasteiger partial charge in [-0.25, -0.2) is 5.10 Å². The van der Waals surface area contributed by atoms with Crippen LogP contribution in [0, 0.1) is 0 Å². The van der Waals surface area contributed by atoms with Gasteiger partial charge in [0.25, 0.3) is 5.56 Å². The maximum absolute atomic E-state index is 11.9. The summed E-state index contributed by atoms with van der Waals surface area (Å²) in [5.74, 6) is 1.03. The van der Waals surface area contributed by atoms with E-state index in [0.29, 0.717) is 6.54 Å². The van der Waals surface area contributed by atoms with Gasteiger partial charge >= 0.3 is 0 Å². The Morgan fingerprint density at radius 3 is 2.85 bits per heavy atom. The molecule has 6 heteroatoms. The first-order chi connectivity index (χ1) is 9.72. The van der Waals surface area contributed by atoms with Crippen LogP contribution >= 0.6 is 11.8 Å². The summed E-state index contributed by atoms with van der Waals surface area (Å²) in [6.45, 7) is 0.700. The molecule has 0 saturated heterocycles. The lowest BCUT2D eigenvalue weighted by atomic mass is 9.91. The zero-order chi connectivity index (χ0) is 14.4. The lowest BCUT2D eigenvalue weighted by Crippen LogP contribution is -2.29. The highest BCUT2D eigenvalue weighted by molar-refractivity contribution is 7.98. The quantitative estimate of drug-likeness (QED) is 0.770.